The molecule has 6 heteroatoms. The van der Waals surface area contributed by atoms with E-state index in [9.17, 15) is 13.6 Å². The summed E-state index contributed by atoms with van der Waals surface area (Å²) >= 11 is 1.25. The summed E-state index contributed by atoms with van der Waals surface area (Å²) in [6.45, 7) is 4.73. The number of nitrogens with zero attached hydrogens (tertiary/aromatic N) is 2. The Balaban J connectivity index is 1.98. The van der Waals surface area contributed by atoms with Crippen LogP contribution < -0.4 is 5.56 Å². The molecule has 0 aliphatic rings. The van der Waals surface area contributed by atoms with E-state index in [0.29, 0.717) is 28.5 Å². The summed E-state index contributed by atoms with van der Waals surface area (Å²) in [5, 5.41) is 1.09. The zero-order valence-corrected chi connectivity index (χ0v) is 15.5. The Hall–Kier alpha value is -2.21. The number of thioether (sulfide) groups is 1. The van der Waals surface area contributed by atoms with Crippen LogP contribution in [0.5, 0.6) is 0 Å². The van der Waals surface area contributed by atoms with Gasteiger partial charge in [-0.2, -0.15) is 0 Å². The van der Waals surface area contributed by atoms with E-state index in [1.54, 1.807) is 16.7 Å². The van der Waals surface area contributed by atoms with Crippen LogP contribution in [0.4, 0.5) is 8.78 Å². The second-order valence-electron chi connectivity index (χ2n) is 6.58. The number of halogens is 2. The summed E-state index contributed by atoms with van der Waals surface area (Å²) < 4.78 is 28.9. The lowest BCUT2D eigenvalue weighted by Crippen LogP contribution is -2.24. The molecule has 0 radical (unpaired) electrons. The van der Waals surface area contributed by atoms with Crippen molar-refractivity contribution >= 4 is 22.7 Å². The van der Waals surface area contributed by atoms with Gasteiger partial charge >= 0.3 is 0 Å². The number of hydrogen-bond acceptors (Lipinski definition) is 3. The number of benzene rings is 2. The lowest BCUT2D eigenvalue weighted by molar-refractivity contribution is 0.481. The Kier molecular flexibility index (Phi) is 5.71. The van der Waals surface area contributed by atoms with Crippen LogP contribution in [-0.2, 0) is 12.3 Å². The van der Waals surface area contributed by atoms with Gasteiger partial charge in [-0.15, -0.1) is 0 Å². The molecule has 0 aliphatic carbocycles. The maximum absolute atomic E-state index is 13.9. The third-order valence-electron chi connectivity index (χ3n) is 4.12. The molecule has 3 rings (SSSR count). The Morgan fingerprint density at radius 3 is 2.69 bits per heavy atom. The quantitative estimate of drug-likeness (QED) is 0.449. The average Bonchev–Trinajstić information content (AvgIpc) is 2.61. The summed E-state index contributed by atoms with van der Waals surface area (Å²) in [7, 11) is 0. The van der Waals surface area contributed by atoms with Gasteiger partial charge in [-0.3, -0.25) is 9.36 Å². The number of rotatable bonds is 6. The molecule has 0 N–H and O–H groups in total. The van der Waals surface area contributed by atoms with Gasteiger partial charge < -0.3 is 0 Å². The summed E-state index contributed by atoms with van der Waals surface area (Å²) in [5.41, 5.74) is 0.770. The molecular weight excluding hydrogens is 354 g/mol. The summed E-state index contributed by atoms with van der Waals surface area (Å²) in [6.07, 6.45) is 0.835. The van der Waals surface area contributed by atoms with Gasteiger partial charge in [-0.25, -0.2) is 13.8 Å². The van der Waals surface area contributed by atoms with Gasteiger partial charge in [-0.05, 0) is 42.7 Å². The molecule has 1 aromatic heterocycles. The summed E-state index contributed by atoms with van der Waals surface area (Å²) in [5.74, 6) is -0.302. The van der Waals surface area contributed by atoms with Crippen LogP contribution in [0.2, 0.25) is 0 Å². The van der Waals surface area contributed by atoms with Gasteiger partial charge in [0.1, 0.15) is 11.6 Å². The lowest BCUT2D eigenvalue weighted by atomic mass is 10.1. The van der Waals surface area contributed by atoms with E-state index in [4.69, 9.17) is 0 Å². The van der Waals surface area contributed by atoms with Crippen molar-refractivity contribution < 1.29 is 8.78 Å². The maximum atomic E-state index is 13.9. The fourth-order valence-electron chi connectivity index (χ4n) is 2.64. The highest BCUT2D eigenvalue weighted by Crippen LogP contribution is 2.24. The second-order valence-corrected chi connectivity index (χ2v) is 7.52. The summed E-state index contributed by atoms with van der Waals surface area (Å²) in [6, 6.07) is 10.6. The van der Waals surface area contributed by atoms with Gasteiger partial charge in [-0.1, -0.05) is 37.7 Å². The third kappa shape index (κ3) is 4.12. The molecule has 0 fully saturated rings. The van der Waals surface area contributed by atoms with Gasteiger partial charge in [0.2, 0.25) is 0 Å². The molecule has 0 spiro atoms. The monoisotopic (exact) mass is 374 g/mol. The first kappa shape index (κ1) is 18.6. The predicted molar refractivity (Wildman–Crippen MR) is 101 cm³/mol. The normalized spacial score (nSPS) is 11.4. The minimum absolute atomic E-state index is 0.0986. The van der Waals surface area contributed by atoms with E-state index in [1.165, 1.54) is 17.8 Å². The number of hydrogen-bond donors (Lipinski definition) is 0. The molecule has 0 unspecified atom stereocenters. The van der Waals surface area contributed by atoms with Crippen LogP contribution >= 0.6 is 11.8 Å². The molecule has 2 aromatic carbocycles. The molecular formula is C20H20F2N2OS. The van der Waals surface area contributed by atoms with E-state index < -0.39 is 11.6 Å². The lowest BCUT2D eigenvalue weighted by Gasteiger charge is -2.14. The first-order valence-electron chi connectivity index (χ1n) is 8.52. The minimum atomic E-state index is -0.481. The van der Waals surface area contributed by atoms with Crippen molar-refractivity contribution in [2.45, 2.75) is 37.7 Å². The topological polar surface area (TPSA) is 34.9 Å². The number of fused-ring (bicyclic) bond motifs is 1. The maximum Gasteiger partial charge on any atom is 0.262 e. The second kappa shape index (κ2) is 7.99. The fraction of sp³-hybridized carbons (Fsp3) is 0.300. The number of para-hydroxylation sites is 1. The largest absolute Gasteiger partial charge is 0.287 e. The van der Waals surface area contributed by atoms with Crippen LogP contribution in [0.1, 0.15) is 25.8 Å². The van der Waals surface area contributed by atoms with Gasteiger partial charge in [0, 0.05) is 17.9 Å². The van der Waals surface area contributed by atoms with Crippen molar-refractivity contribution in [3.63, 3.8) is 0 Å². The Labute approximate surface area is 155 Å². The Morgan fingerprint density at radius 1 is 1.15 bits per heavy atom. The average molecular weight is 374 g/mol. The zero-order chi connectivity index (χ0) is 18.7. The van der Waals surface area contributed by atoms with Gasteiger partial charge in [0.15, 0.2) is 5.16 Å². The molecule has 1 heterocycles. The molecule has 0 saturated carbocycles. The van der Waals surface area contributed by atoms with Crippen molar-refractivity contribution in [2.24, 2.45) is 5.92 Å². The highest BCUT2D eigenvalue weighted by Gasteiger charge is 2.13. The number of aromatic nitrogens is 2. The van der Waals surface area contributed by atoms with Crippen molar-refractivity contribution in [1.82, 2.24) is 9.55 Å². The highest BCUT2D eigenvalue weighted by atomic mass is 32.2. The molecule has 0 saturated heterocycles. The van der Waals surface area contributed by atoms with E-state index in [0.717, 1.165) is 18.6 Å². The molecule has 3 aromatic rings. The molecule has 136 valence electrons. The van der Waals surface area contributed by atoms with Crippen LogP contribution in [0.15, 0.2) is 52.4 Å². The van der Waals surface area contributed by atoms with Crippen LogP contribution in [-0.4, -0.2) is 9.55 Å². The third-order valence-corrected chi connectivity index (χ3v) is 5.15. The zero-order valence-electron chi connectivity index (χ0n) is 14.7. The van der Waals surface area contributed by atoms with Crippen molar-refractivity contribution in [3.05, 3.63) is 70.0 Å². The van der Waals surface area contributed by atoms with Gasteiger partial charge in [0.25, 0.3) is 5.56 Å². The van der Waals surface area contributed by atoms with E-state index in [2.05, 4.69) is 18.8 Å². The van der Waals surface area contributed by atoms with E-state index in [-0.39, 0.29) is 16.9 Å². The van der Waals surface area contributed by atoms with E-state index in [1.807, 2.05) is 12.1 Å². The molecule has 0 amide bonds. The minimum Gasteiger partial charge on any atom is -0.287 e. The Bertz CT molecular complexity index is 985. The van der Waals surface area contributed by atoms with Crippen molar-refractivity contribution in [3.8, 4) is 0 Å². The fourth-order valence-corrected chi connectivity index (χ4v) is 3.64. The van der Waals surface area contributed by atoms with Crippen LogP contribution in [0, 0.1) is 17.6 Å². The smallest absolute Gasteiger partial charge is 0.262 e. The molecule has 26 heavy (non-hydrogen) atoms. The summed E-state index contributed by atoms with van der Waals surface area (Å²) in [4.78, 5) is 17.5. The molecule has 0 bridgehead atoms. The van der Waals surface area contributed by atoms with E-state index >= 15 is 0 Å². The van der Waals surface area contributed by atoms with Crippen molar-refractivity contribution in [1.29, 1.82) is 0 Å². The molecule has 0 aliphatic heterocycles. The SMILES string of the molecule is CC(C)CCn1c(SCc2cc(F)ccc2F)nc2ccccc2c1=O. The predicted octanol–water partition coefficient (Wildman–Crippen LogP) is 5.01. The first-order valence-corrected chi connectivity index (χ1v) is 9.50. The van der Waals surface area contributed by atoms with Crippen molar-refractivity contribution in [2.75, 3.05) is 0 Å². The molecule has 3 nitrogen and oxygen atoms in total. The standard InChI is InChI=1S/C20H20F2N2OS/c1-13(2)9-10-24-19(25)16-5-3-4-6-18(16)23-20(24)26-12-14-11-15(21)7-8-17(14)22/h3-8,11,13H,9-10,12H2,1-2H3. The Morgan fingerprint density at radius 2 is 1.92 bits per heavy atom. The first-order chi connectivity index (χ1) is 12.5. The van der Waals surface area contributed by atoms with Gasteiger partial charge in [0.05, 0.1) is 10.9 Å². The van der Waals surface area contributed by atoms with Crippen LogP contribution in [0.3, 0.4) is 0 Å². The molecule has 0 atom stereocenters. The van der Waals surface area contributed by atoms with Crippen LogP contribution in [0.25, 0.3) is 10.9 Å². The highest BCUT2D eigenvalue weighted by molar-refractivity contribution is 7.98.